The van der Waals surface area contributed by atoms with Gasteiger partial charge in [-0.3, -0.25) is 4.40 Å². The lowest BCUT2D eigenvalue weighted by molar-refractivity contribution is 0.908. The molecule has 0 saturated carbocycles. The fourth-order valence-electron chi connectivity index (χ4n) is 2.00. The summed E-state index contributed by atoms with van der Waals surface area (Å²) in [5, 5.41) is 0.994. The number of imidazole rings is 1. The van der Waals surface area contributed by atoms with Crippen LogP contribution in [-0.2, 0) is 0 Å². The zero-order chi connectivity index (χ0) is 13.2. The van der Waals surface area contributed by atoms with Gasteiger partial charge in [-0.2, -0.15) is 0 Å². The fraction of sp³-hybridized carbons (Fsp3) is 0.200. The maximum atomic E-state index is 4.75. The number of hydrogen-bond acceptors (Lipinski definition) is 3. The van der Waals surface area contributed by atoms with Gasteiger partial charge in [-0.05, 0) is 12.7 Å². The Labute approximate surface area is 116 Å². The van der Waals surface area contributed by atoms with Gasteiger partial charge in [0.25, 0.3) is 0 Å². The van der Waals surface area contributed by atoms with Gasteiger partial charge in [0.2, 0.25) is 0 Å². The number of rotatable bonds is 3. The summed E-state index contributed by atoms with van der Waals surface area (Å²) in [6, 6.07) is 10.5. The lowest BCUT2D eigenvalue weighted by Crippen LogP contribution is -1.96. The van der Waals surface area contributed by atoms with E-state index in [9.17, 15) is 0 Å². The third-order valence-corrected chi connectivity index (χ3v) is 3.81. The highest BCUT2D eigenvalue weighted by atomic mass is 32.2. The van der Waals surface area contributed by atoms with E-state index in [0.717, 1.165) is 27.8 Å². The third kappa shape index (κ3) is 2.36. The Kier molecular flexibility index (Phi) is 3.25. The first-order valence-electron chi connectivity index (χ1n) is 6.32. The molecule has 3 aromatic rings. The van der Waals surface area contributed by atoms with Gasteiger partial charge in [-0.25, -0.2) is 9.97 Å². The molecule has 3 nitrogen and oxygen atoms in total. The maximum absolute atomic E-state index is 4.75. The van der Waals surface area contributed by atoms with E-state index < -0.39 is 0 Å². The van der Waals surface area contributed by atoms with Gasteiger partial charge in [-0.15, -0.1) is 0 Å². The largest absolute Gasteiger partial charge is 0.279 e. The van der Waals surface area contributed by atoms with Crippen molar-refractivity contribution in [1.29, 1.82) is 0 Å². The minimum atomic E-state index is 0.946. The molecule has 96 valence electrons. The fourth-order valence-corrected chi connectivity index (χ4v) is 2.71. The molecule has 0 unspecified atom stereocenters. The average Bonchev–Trinajstić information content (AvgIpc) is 2.88. The van der Waals surface area contributed by atoms with Gasteiger partial charge in [0.15, 0.2) is 5.16 Å². The molecule has 0 N–H and O–H groups in total. The van der Waals surface area contributed by atoms with Crippen LogP contribution in [0.3, 0.4) is 0 Å². The summed E-state index contributed by atoms with van der Waals surface area (Å²) >= 11 is 1.73. The normalized spacial score (nSPS) is 11.1. The summed E-state index contributed by atoms with van der Waals surface area (Å²) in [7, 11) is 0. The zero-order valence-electron chi connectivity index (χ0n) is 11.0. The number of aryl methyl sites for hydroxylation is 1. The van der Waals surface area contributed by atoms with Crippen molar-refractivity contribution in [1.82, 2.24) is 14.4 Å². The number of hydrogen-bond donors (Lipinski definition) is 0. The summed E-state index contributed by atoms with van der Waals surface area (Å²) in [5.41, 5.74) is 4.32. The van der Waals surface area contributed by atoms with Crippen LogP contribution in [0.1, 0.15) is 12.5 Å². The molecule has 0 spiro atoms. The van der Waals surface area contributed by atoms with Gasteiger partial charge in [0, 0.05) is 24.0 Å². The second-order valence-corrected chi connectivity index (χ2v) is 5.61. The van der Waals surface area contributed by atoms with Gasteiger partial charge in [0.1, 0.15) is 5.65 Å². The summed E-state index contributed by atoms with van der Waals surface area (Å²) in [4.78, 5) is 9.12. The topological polar surface area (TPSA) is 30.2 Å². The first kappa shape index (κ1) is 12.2. The van der Waals surface area contributed by atoms with Gasteiger partial charge < -0.3 is 0 Å². The molecular formula is C15H15N3S. The predicted octanol–water partition coefficient (Wildman–Crippen LogP) is 3.82. The summed E-state index contributed by atoms with van der Waals surface area (Å²) in [5.74, 6) is 0.998. The smallest absolute Gasteiger partial charge is 0.174 e. The van der Waals surface area contributed by atoms with E-state index in [0.29, 0.717) is 0 Å². The maximum Gasteiger partial charge on any atom is 0.174 e. The Hall–Kier alpha value is -1.81. The Morgan fingerprint density at radius 3 is 2.74 bits per heavy atom. The van der Waals surface area contributed by atoms with Crippen molar-refractivity contribution in [2.75, 3.05) is 5.75 Å². The number of nitrogens with zero attached hydrogens (tertiary/aromatic N) is 3. The van der Waals surface area contributed by atoms with E-state index >= 15 is 0 Å². The van der Waals surface area contributed by atoms with Crippen LogP contribution in [0.2, 0.25) is 0 Å². The zero-order valence-corrected chi connectivity index (χ0v) is 11.8. The summed E-state index contributed by atoms with van der Waals surface area (Å²) in [6.45, 7) is 4.22. The van der Waals surface area contributed by atoms with Crippen LogP contribution < -0.4 is 0 Å². The molecule has 0 bridgehead atoms. The van der Waals surface area contributed by atoms with Crippen LogP contribution in [0.5, 0.6) is 0 Å². The predicted molar refractivity (Wildman–Crippen MR) is 79.6 cm³/mol. The number of benzene rings is 1. The Balaban J connectivity index is 2.15. The molecule has 2 heterocycles. The van der Waals surface area contributed by atoms with Crippen molar-refractivity contribution in [3.05, 3.63) is 48.3 Å². The van der Waals surface area contributed by atoms with E-state index in [1.165, 1.54) is 5.56 Å². The van der Waals surface area contributed by atoms with Gasteiger partial charge in [0.05, 0.1) is 5.69 Å². The highest BCUT2D eigenvalue weighted by Gasteiger charge is 2.08. The molecule has 0 atom stereocenters. The first-order chi connectivity index (χ1) is 9.28. The molecule has 0 aliphatic carbocycles. The van der Waals surface area contributed by atoms with Crippen molar-refractivity contribution in [3.63, 3.8) is 0 Å². The van der Waals surface area contributed by atoms with Crippen LogP contribution >= 0.6 is 11.8 Å². The van der Waals surface area contributed by atoms with E-state index in [4.69, 9.17) is 4.98 Å². The molecule has 4 heteroatoms. The molecule has 0 amide bonds. The van der Waals surface area contributed by atoms with Crippen molar-refractivity contribution in [2.24, 2.45) is 0 Å². The number of aromatic nitrogens is 3. The van der Waals surface area contributed by atoms with Crippen molar-refractivity contribution in [3.8, 4) is 11.3 Å². The van der Waals surface area contributed by atoms with Crippen LogP contribution in [0.4, 0.5) is 0 Å². The monoisotopic (exact) mass is 269 g/mol. The molecule has 2 aromatic heterocycles. The van der Waals surface area contributed by atoms with Crippen LogP contribution in [0.15, 0.2) is 47.9 Å². The van der Waals surface area contributed by atoms with Gasteiger partial charge >= 0.3 is 0 Å². The highest BCUT2D eigenvalue weighted by molar-refractivity contribution is 7.99. The van der Waals surface area contributed by atoms with Crippen molar-refractivity contribution in [2.45, 2.75) is 19.0 Å². The Morgan fingerprint density at radius 1 is 1.21 bits per heavy atom. The molecule has 0 radical (unpaired) electrons. The standard InChI is InChI=1S/C15H15N3S/c1-3-19-15-17-13(10-14-16-8-9-18(14)15)12-6-4-11(2)5-7-12/h4-10H,3H2,1-2H3. The van der Waals surface area contributed by atoms with Crippen molar-refractivity contribution < 1.29 is 0 Å². The van der Waals surface area contributed by atoms with Crippen LogP contribution in [0.25, 0.3) is 16.9 Å². The average molecular weight is 269 g/mol. The van der Waals surface area contributed by atoms with Crippen molar-refractivity contribution >= 4 is 17.4 Å². The molecule has 0 aliphatic rings. The summed E-state index contributed by atoms with van der Waals surface area (Å²) < 4.78 is 2.03. The molecule has 3 rings (SSSR count). The van der Waals surface area contributed by atoms with E-state index in [1.807, 2.05) is 22.9 Å². The Bertz CT molecular complexity index is 701. The van der Waals surface area contributed by atoms with Crippen LogP contribution in [-0.4, -0.2) is 20.1 Å². The van der Waals surface area contributed by atoms with E-state index in [1.54, 1.807) is 11.8 Å². The van der Waals surface area contributed by atoms with E-state index in [2.05, 4.69) is 43.1 Å². The Morgan fingerprint density at radius 2 is 2.00 bits per heavy atom. The number of thioether (sulfide) groups is 1. The minimum Gasteiger partial charge on any atom is -0.279 e. The first-order valence-corrected chi connectivity index (χ1v) is 7.30. The molecule has 19 heavy (non-hydrogen) atoms. The van der Waals surface area contributed by atoms with Gasteiger partial charge in [-0.1, -0.05) is 48.5 Å². The second kappa shape index (κ2) is 5.05. The second-order valence-electron chi connectivity index (χ2n) is 4.38. The molecule has 0 fully saturated rings. The highest BCUT2D eigenvalue weighted by Crippen LogP contribution is 2.24. The molecular weight excluding hydrogens is 254 g/mol. The molecule has 0 aliphatic heterocycles. The SMILES string of the molecule is CCSc1nc(-c2ccc(C)cc2)cc2nccn12. The molecule has 1 aromatic carbocycles. The molecule has 0 saturated heterocycles. The summed E-state index contributed by atoms with van der Waals surface area (Å²) in [6.07, 6.45) is 3.77. The lowest BCUT2D eigenvalue weighted by atomic mass is 10.1. The minimum absolute atomic E-state index is 0.946. The lowest BCUT2D eigenvalue weighted by Gasteiger charge is -2.07. The van der Waals surface area contributed by atoms with E-state index in [-0.39, 0.29) is 0 Å². The number of fused-ring (bicyclic) bond motifs is 1. The van der Waals surface area contributed by atoms with Crippen LogP contribution in [0, 0.1) is 6.92 Å². The third-order valence-electron chi connectivity index (χ3n) is 2.98. The quantitative estimate of drug-likeness (QED) is 0.535.